The number of hydrogen-bond donors (Lipinski definition) is 1. The van der Waals surface area contributed by atoms with Gasteiger partial charge in [0, 0.05) is 16.1 Å². The maximum Gasteiger partial charge on any atom is 0.234 e. The number of fused-ring (bicyclic) bond motifs is 5. The lowest BCUT2D eigenvalue weighted by Gasteiger charge is -2.12. The van der Waals surface area contributed by atoms with Gasteiger partial charge in [0.05, 0.1) is 16.2 Å². The van der Waals surface area contributed by atoms with Crippen LogP contribution < -0.4 is 5.32 Å². The molecule has 0 bridgehead atoms. The van der Waals surface area contributed by atoms with Crippen LogP contribution in [0.25, 0.3) is 27.3 Å². The van der Waals surface area contributed by atoms with Gasteiger partial charge in [-0.05, 0) is 62.4 Å². The molecule has 1 amide bonds. The molecule has 1 aliphatic carbocycles. The third kappa shape index (κ3) is 4.20. The Morgan fingerprint density at radius 1 is 1.11 bits per heavy atom. The van der Waals surface area contributed by atoms with Crippen LogP contribution >= 0.6 is 34.7 Å². The van der Waals surface area contributed by atoms with Crippen LogP contribution in [0.3, 0.4) is 0 Å². The highest BCUT2D eigenvalue weighted by Gasteiger charge is 2.25. The fourth-order valence-corrected chi connectivity index (χ4v) is 6.72. The molecule has 6 rings (SSSR count). The lowest BCUT2D eigenvalue weighted by atomic mass is 9.97. The van der Waals surface area contributed by atoms with Crippen molar-refractivity contribution in [2.24, 2.45) is 0 Å². The standard InChI is InChI=1S/C26H22ClN5OS2/c1-15-10-12-16(13-11-15)28-21(33)14-34-26-31-30-24-22-18-7-3-5-9-20(18)35-25(22)29-23(32(24)26)17-6-2-4-8-19(17)27/h2,4,6,8,10-13H,3,5,7,9,14H2,1H3,(H,28,33). The van der Waals surface area contributed by atoms with Gasteiger partial charge in [-0.15, -0.1) is 21.5 Å². The van der Waals surface area contributed by atoms with Crippen molar-refractivity contribution >= 4 is 62.2 Å². The number of aromatic nitrogens is 4. The van der Waals surface area contributed by atoms with Gasteiger partial charge in [0.1, 0.15) is 4.83 Å². The highest BCUT2D eigenvalue weighted by Crippen LogP contribution is 2.40. The normalized spacial score (nSPS) is 13.3. The molecule has 2 aromatic carbocycles. The molecule has 3 heterocycles. The Morgan fingerprint density at radius 3 is 2.74 bits per heavy atom. The van der Waals surface area contributed by atoms with Crippen LogP contribution in [-0.2, 0) is 17.6 Å². The molecule has 0 aliphatic heterocycles. The first-order chi connectivity index (χ1) is 17.1. The van der Waals surface area contributed by atoms with Crippen molar-refractivity contribution in [1.29, 1.82) is 0 Å². The maximum absolute atomic E-state index is 12.7. The van der Waals surface area contributed by atoms with Gasteiger partial charge in [0.25, 0.3) is 0 Å². The summed E-state index contributed by atoms with van der Waals surface area (Å²) in [6.07, 6.45) is 4.49. The third-order valence-corrected chi connectivity index (χ3v) is 8.66. The van der Waals surface area contributed by atoms with Crippen molar-refractivity contribution in [3.8, 4) is 11.4 Å². The summed E-state index contributed by atoms with van der Waals surface area (Å²) in [6.45, 7) is 2.02. The van der Waals surface area contributed by atoms with E-state index in [0.717, 1.165) is 45.5 Å². The summed E-state index contributed by atoms with van der Waals surface area (Å²) in [5.74, 6) is 0.802. The minimum atomic E-state index is -0.100. The van der Waals surface area contributed by atoms with E-state index in [2.05, 4.69) is 15.5 Å². The van der Waals surface area contributed by atoms with Gasteiger partial charge >= 0.3 is 0 Å². The zero-order valence-electron chi connectivity index (χ0n) is 19.0. The molecule has 1 aliphatic rings. The molecule has 0 radical (unpaired) electrons. The van der Waals surface area contributed by atoms with E-state index >= 15 is 0 Å². The summed E-state index contributed by atoms with van der Waals surface area (Å²) in [7, 11) is 0. The molecule has 1 N–H and O–H groups in total. The van der Waals surface area contributed by atoms with E-state index in [1.807, 2.05) is 59.9 Å². The summed E-state index contributed by atoms with van der Waals surface area (Å²) in [4.78, 5) is 20.1. The third-order valence-electron chi connectivity index (χ3n) is 6.21. The summed E-state index contributed by atoms with van der Waals surface area (Å²) in [6, 6.07) is 15.4. The molecule has 6 nitrogen and oxygen atoms in total. The number of amides is 1. The lowest BCUT2D eigenvalue weighted by Crippen LogP contribution is -2.14. The predicted molar refractivity (Wildman–Crippen MR) is 144 cm³/mol. The van der Waals surface area contributed by atoms with Gasteiger partial charge in [-0.25, -0.2) is 4.98 Å². The first-order valence-electron chi connectivity index (χ1n) is 11.5. The number of anilines is 1. The lowest BCUT2D eigenvalue weighted by molar-refractivity contribution is -0.113. The van der Waals surface area contributed by atoms with Crippen LogP contribution in [0.4, 0.5) is 5.69 Å². The van der Waals surface area contributed by atoms with Crippen LogP contribution in [0, 0.1) is 6.92 Å². The highest BCUT2D eigenvalue weighted by atomic mass is 35.5. The fraction of sp³-hybridized carbons (Fsp3) is 0.231. The zero-order chi connectivity index (χ0) is 23.9. The summed E-state index contributed by atoms with van der Waals surface area (Å²) in [5, 5.41) is 14.4. The molecule has 0 fully saturated rings. The van der Waals surface area contributed by atoms with Crippen molar-refractivity contribution in [3.05, 3.63) is 69.6 Å². The van der Waals surface area contributed by atoms with Gasteiger partial charge in [-0.2, -0.15) is 0 Å². The van der Waals surface area contributed by atoms with Crippen LogP contribution in [0.15, 0.2) is 53.7 Å². The van der Waals surface area contributed by atoms with Gasteiger partial charge in [-0.1, -0.05) is 53.2 Å². The zero-order valence-corrected chi connectivity index (χ0v) is 21.4. The molecule has 9 heteroatoms. The van der Waals surface area contributed by atoms with E-state index in [1.165, 1.54) is 35.0 Å². The van der Waals surface area contributed by atoms with Crippen LogP contribution in [0.2, 0.25) is 5.02 Å². The number of aryl methyl sites for hydroxylation is 3. The van der Waals surface area contributed by atoms with E-state index in [0.29, 0.717) is 16.0 Å². The van der Waals surface area contributed by atoms with Crippen molar-refractivity contribution < 1.29 is 4.79 Å². The number of thioether (sulfide) groups is 1. The van der Waals surface area contributed by atoms with E-state index < -0.39 is 0 Å². The SMILES string of the molecule is Cc1ccc(NC(=O)CSc2nnc3c4c5c(sc4nc(-c4ccccc4Cl)n23)CCCC5)cc1. The second-order valence-electron chi connectivity index (χ2n) is 8.65. The van der Waals surface area contributed by atoms with E-state index in [-0.39, 0.29) is 11.7 Å². The summed E-state index contributed by atoms with van der Waals surface area (Å²) in [5.41, 5.74) is 4.87. The van der Waals surface area contributed by atoms with Crippen molar-refractivity contribution in [2.75, 3.05) is 11.1 Å². The van der Waals surface area contributed by atoms with Gasteiger partial charge < -0.3 is 5.32 Å². The predicted octanol–water partition coefficient (Wildman–Crippen LogP) is 6.58. The molecule has 0 saturated heterocycles. The molecule has 3 aromatic heterocycles. The van der Waals surface area contributed by atoms with Gasteiger partial charge in [-0.3, -0.25) is 9.20 Å². The van der Waals surface area contributed by atoms with Crippen molar-refractivity contribution in [2.45, 2.75) is 37.8 Å². The summed E-state index contributed by atoms with van der Waals surface area (Å²) < 4.78 is 1.97. The number of halogens is 1. The largest absolute Gasteiger partial charge is 0.325 e. The Kier molecular flexibility index (Phi) is 5.96. The monoisotopic (exact) mass is 519 g/mol. The molecule has 0 saturated carbocycles. The molecule has 0 atom stereocenters. The van der Waals surface area contributed by atoms with E-state index in [9.17, 15) is 4.79 Å². The number of benzene rings is 2. The molecule has 0 unspecified atom stereocenters. The number of hydrogen-bond acceptors (Lipinski definition) is 6. The molecule has 176 valence electrons. The first kappa shape index (κ1) is 22.5. The van der Waals surface area contributed by atoms with Crippen LogP contribution in [0.1, 0.15) is 28.8 Å². The number of nitrogens with zero attached hydrogens (tertiary/aromatic N) is 4. The molecule has 5 aromatic rings. The number of thiophene rings is 1. The number of rotatable bonds is 5. The highest BCUT2D eigenvalue weighted by molar-refractivity contribution is 7.99. The Labute approximate surface area is 215 Å². The van der Waals surface area contributed by atoms with Crippen molar-refractivity contribution in [3.63, 3.8) is 0 Å². The Balaban J connectivity index is 1.42. The quantitative estimate of drug-likeness (QED) is 0.266. The molecular weight excluding hydrogens is 498 g/mol. The topological polar surface area (TPSA) is 72.2 Å². The van der Waals surface area contributed by atoms with E-state index in [4.69, 9.17) is 16.6 Å². The minimum Gasteiger partial charge on any atom is -0.325 e. The molecule has 0 spiro atoms. The van der Waals surface area contributed by atoms with Crippen LogP contribution in [0.5, 0.6) is 0 Å². The Bertz CT molecular complexity index is 1570. The second kappa shape index (κ2) is 9.26. The van der Waals surface area contributed by atoms with E-state index in [1.54, 1.807) is 11.3 Å². The molecule has 35 heavy (non-hydrogen) atoms. The smallest absolute Gasteiger partial charge is 0.234 e. The number of carbonyl (C=O) groups excluding carboxylic acids is 1. The van der Waals surface area contributed by atoms with Gasteiger partial charge in [0.2, 0.25) is 5.91 Å². The number of carbonyl (C=O) groups is 1. The van der Waals surface area contributed by atoms with Crippen LogP contribution in [-0.4, -0.2) is 31.2 Å². The summed E-state index contributed by atoms with van der Waals surface area (Å²) >= 11 is 9.70. The minimum absolute atomic E-state index is 0.100. The van der Waals surface area contributed by atoms with Gasteiger partial charge in [0.15, 0.2) is 16.6 Å². The first-order valence-corrected chi connectivity index (χ1v) is 13.7. The Morgan fingerprint density at radius 2 is 1.91 bits per heavy atom. The maximum atomic E-state index is 12.7. The second-order valence-corrected chi connectivity index (χ2v) is 11.1. The Hall–Kier alpha value is -2.94. The molecular formula is C26H22ClN5OS2. The number of nitrogens with one attached hydrogen (secondary N) is 1. The average Bonchev–Trinajstić information content (AvgIpc) is 3.45. The van der Waals surface area contributed by atoms with Crippen molar-refractivity contribution in [1.82, 2.24) is 19.6 Å². The average molecular weight is 520 g/mol. The fourth-order valence-electron chi connectivity index (χ4n) is 4.51.